The number of rotatable bonds is 52. The average molecular weight is 880 g/mol. The first kappa shape index (κ1) is 59.7. The standard InChI is InChI=1S/C61H114O2/c1-4-7-10-13-16-19-22-25-28-31-34-37-40-43-46-49-52-57-55-58(53-50-47-44-41-38-35-32-29-26-23-20-17-14-11-8-5-2)59(60(56-57)61(62)63)54-51-48-45-42-39-36-33-30-27-24-21-18-15-12-9-6-3/h55-56H,4-54H2,1-3H3,(H,62,63). The third-order valence-corrected chi connectivity index (χ3v) is 14.5. The zero-order valence-electron chi connectivity index (χ0n) is 43.6. The molecular weight excluding hydrogens is 765 g/mol. The maximum atomic E-state index is 12.7. The van der Waals surface area contributed by atoms with Crippen molar-refractivity contribution in [2.45, 2.75) is 348 Å². The third kappa shape index (κ3) is 39.6. The van der Waals surface area contributed by atoms with Gasteiger partial charge < -0.3 is 5.11 Å². The van der Waals surface area contributed by atoms with Crippen LogP contribution in [0.4, 0.5) is 0 Å². The topological polar surface area (TPSA) is 37.3 Å². The number of carbonyl (C=O) groups is 1. The predicted octanol–water partition coefficient (Wildman–Crippen LogP) is 21.8. The molecule has 0 radical (unpaired) electrons. The maximum absolute atomic E-state index is 12.7. The predicted molar refractivity (Wildman–Crippen MR) is 283 cm³/mol. The average Bonchev–Trinajstić information content (AvgIpc) is 3.28. The minimum atomic E-state index is -0.705. The fraction of sp³-hybridized carbons (Fsp3) is 0.885. The molecule has 0 heterocycles. The zero-order valence-corrected chi connectivity index (χ0v) is 43.6. The first-order valence-corrected chi connectivity index (χ1v) is 29.5. The molecule has 0 aromatic heterocycles. The highest BCUT2D eigenvalue weighted by atomic mass is 16.4. The first-order chi connectivity index (χ1) is 31.1. The summed E-state index contributed by atoms with van der Waals surface area (Å²) in [5, 5.41) is 10.5. The number of carboxylic acids is 1. The second-order valence-corrected chi connectivity index (χ2v) is 20.7. The Balaban J connectivity index is 2.45. The lowest BCUT2D eigenvalue weighted by Gasteiger charge is -2.16. The van der Waals surface area contributed by atoms with Crippen LogP contribution < -0.4 is 0 Å². The van der Waals surface area contributed by atoms with Crippen molar-refractivity contribution in [3.63, 3.8) is 0 Å². The molecule has 1 aromatic carbocycles. The Morgan fingerprint density at radius 2 is 0.524 bits per heavy atom. The molecule has 370 valence electrons. The third-order valence-electron chi connectivity index (χ3n) is 14.5. The van der Waals surface area contributed by atoms with Crippen LogP contribution in [0.15, 0.2) is 12.1 Å². The number of aromatic carboxylic acids is 1. The summed E-state index contributed by atoms with van der Waals surface area (Å²) in [6, 6.07) is 4.52. The number of carboxylic acid groups (broad SMARTS) is 1. The summed E-state index contributed by atoms with van der Waals surface area (Å²) < 4.78 is 0. The quantitative estimate of drug-likeness (QED) is 0.0662. The van der Waals surface area contributed by atoms with Crippen LogP contribution in [-0.4, -0.2) is 11.1 Å². The van der Waals surface area contributed by atoms with E-state index in [9.17, 15) is 9.90 Å². The molecule has 63 heavy (non-hydrogen) atoms. The Morgan fingerprint density at radius 3 is 0.778 bits per heavy atom. The van der Waals surface area contributed by atoms with Gasteiger partial charge in [-0.15, -0.1) is 0 Å². The number of hydrogen-bond donors (Lipinski definition) is 1. The van der Waals surface area contributed by atoms with Crippen molar-refractivity contribution < 1.29 is 9.90 Å². The summed E-state index contributed by atoms with van der Waals surface area (Å²) in [5.74, 6) is -0.705. The van der Waals surface area contributed by atoms with Gasteiger partial charge >= 0.3 is 5.97 Å². The molecule has 1 aromatic rings. The van der Waals surface area contributed by atoms with Crippen molar-refractivity contribution in [3.8, 4) is 0 Å². The van der Waals surface area contributed by atoms with Gasteiger partial charge in [0.25, 0.3) is 0 Å². The lowest BCUT2D eigenvalue weighted by atomic mass is 9.89. The van der Waals surface area contributed by atoms with Gasteiger partial charge in [-0.1, -0.05) is 316 Å². The number of unbranched alkanes of at least 4 members (excludes halogenated alkanes) is 45. The molecule has 2 heteroatoms. The van der Waals surface area contributed by atoms with Crippen molar-refractivity contribution in [1.82, 2.24) is 0 Å². The highest BCUT2D eigenvalue weighted by Gasteiger charge is 2.16. The molecule has 0 atom stereocenters. The van der Waals surface area contributed by atoms with E-state index in [1.54, 1.807) is 0 Å². The zero-order chi connectivity index (χ0) is 45.4. The molecule has 1 rings (SSSR count). The van der Waals surface area contributed by atoms with Crippen LogP contribution in [0.2, 0.25) is 0 Å². The van der Waals surface area contributed by atoms with Gasteiger partial charge in [0.1, 0.15) is 0 Å². The molecule has 0 amide bonds. The van der Waals surface area contributed by atoms with E-state index in [0.717, 1.165) is 25.7 Å². The lowest BCUT2D eigenvalue weighted by molar-refractivity contribution is 0.0695. The van der Waals surface area contributed by atoms with E-state index in [2.05, 4.69) is 32.9 Å². The molecule has 0 spiro atoms. The number of hydrogen-bond acceptors (Lipinski definition) is 1. The highest BCUT2D eigenvalue weighted by molar-refractivity contribution is 5.90. The Hall–Kier alpha value is -1.31. The fourth-order valence-corrected chi connectivity index (χ4v) is 10.2. The summed E-state index contributed by atoms with van der Waals surface area (Å²) >= 11 is 0. The first-order valence-electron chi connectivity index (χ1n) is 29.5. The van der Waals surface area contributed by atoms with Gasteiger partial charge in [-0.25, -0.2) is 4.79 Å². The highest BCUT2D eigenvalue weighted by Crippen LogP contribution is 2.26. The minimum absolute atomic E-state index is 0.622. The number of aryl methyl sites for hydroxylation is 2. The molecular formula is C61H114O2. The summed E-state index contributed by atoms with van der Waals surface area (Å²) in [5.41, 5.74) is 4.44. The largest absolute Gasteiger partial charge is 0.478 e. The van der Waals surface area contributed by atoms with Crippen molar-refractivity contribution in [2.75, 3.05) is 0 Å². The Labute approximate surface area is 396 Å². The van der Waals surface area contributed by atoms with Gasteiger partial charge in [-0.3, -0.25) is 0 Å². The Kier molecular flexibility index (Phi) is 46.1. The lowest BCUT2D eigenvalue weighted by Crippen LogP contribution is -2.09. The number of benzene rings is 1. The van der Waals surface area contributed by atoms with Crippen molar-refractivity contribution in [1.29, 1.82) is 0 Å². The van der Waals surface area contributed by atoms with E-state index in [0.29, 0.717) is 5.56 Å². The van der Waals surface area contributed by atoms with E-state index in [1.165, 1.54) is 318 Å². The molecule has 0 fully saturated rings. The SMILES string of the molecule is CCCCCCCCCCCCCCCCCCc1cc(CCCCCCCCCCCCCCCCCC)c(CCCCCCCCCCCCCCCCCC)c(C(=O)O)c1. The maximum Gasteiger partial charge on any atom is 0.335 e. The minimum Gasteiger partial charge on any atom is -0.478 e. The molecule has 1 N–H and O–H groups in total. The van der Waals surface area contributed by atoms with E-state index >= 15 is 0 Å². The molecule has 0 aliphatic rings. The van der Waals surface area contributed by atoms with E-state index < -0.39 is 5.97 Å². The van der Waals surface area contributed by atoms with E-state index in [-0.39, 0.29) is 0 Å². The van der Waals surface area contributed by atoms with Crippen LogP contribution in [0.1, 0.15) is 356 Å². The smallest absolute Gasteiger partial charge is 0.335 e. The van der Waals surface area contributed by atoms with Crippen LogP contribution in [0.25, 0.3) is 0 Å². The monoisotopic (exact) mass is 879 g/mol. The van der Waals surface area contributed by atoms with Gasteiger partial charge in [-0.05, 0) is 61.3 Å². The van der Waals surface area contributed by atoms with Gasteiger partial charge in [0.05, 0.1) is 5.56 Å². The molecule has 2 nitrogen and oxygen atoms in total. The molecule has 0 unspecified atom stereocenters. The normalized spacial score (nSPS) is 11.6. The molecule has 0 bridgehead atoms. The van der Waals surface area contributed by atoms with Crippen LogP contribution in [0.5, 0.6) is 0 Å². The van der Waals surface area contributed by atoms with Crippen LogP contribution in [-0.2, 0) is 19.3 Å². The molecule has 0 saturated carbocycles. The second-order valence-electron chi connectivity index (χ2n) is 20.7. The second kappa shape index (κ2) is 48.6. The fourth-order valence-electron chi connectivity index (χ4n) is 10.2. The molecule has 0 saturated heterocycles. The van der Waals surface area contributed by atoms with Crippen LogP contribution in [0, 0.1) is 0 Å². The van der Waals surface area contributed by atoms with Crippen molar-refractivity contribution >= 4 is 5.97 Å². The summed E-state index contributed by atoms with van der Waals surface area (Å²) in [6.45, 7) is 6.91. The van der Waals surface area contributed by atoms with Crippen LogP contribution >= 0.6 is 0 Å². The van der Waals surface area contributed by atoms with E-state index in [4.69, 9.17) is 0 Å². The van der Waals surface area contributed by atoms with Gasteiger partial charge in [0.15, 0.2) is 0 Å². The Morgan fingerprint density at radius 1 is 0.302 bits per heavy atom. The molecule has 0 aliphatic carbocycles. The van der Waals surface area contributed by atoms with Gasteiger partial charge in [-0.2, -0.15) is 0 Å². The summed E-state index contributed by atoms with van der Waals surface area (Å²) in [4.78, 5) is 12.7. The van der Waals surface area contributed by atoms with E-state index in [1.807, 2.05) is 0 Å². The summed E-state index contributed by atoms with van der Waals surface area (Å²) in [6.07, 6.45) is 69.4. The molecule has 0 aliphatic heterocycles. The van der Waals surface area contributed by atoms with Gasteiger partial charge in [0.2, 0.25) is 0 Å². The van der Waals surface area contributed by atoms with Crippen molar-refractivity contribution in [2.24, 2.45) is 0 Å². The Bertz CT molecular complexity index is 1070. The van der Waals surface area contributed by atoms with Crippen molar-refractivity contribution in [3.05, 3.63) is 34.4 Å². The summed E-state index contributed by atoms with van der Waals surface area (Å²) in [7, 11) is 0. The van der Waals surface area contributed by atoms with Gasteiger partial charge in [0, 0.05) is 0 Å². The van der Waals surface area contributed by atoms with Crippen LogP contribution in [0.3, 0.4) is 0 Å².